The Morgan fingerprint density at radius 1 is 1.38 bits per heavy atom. The van der Waals surface area contributed by atoms with E-state index in [0.717, 1.165) is 0 Å². The van der Waals surface area contributed by atoms with Crippen molar-refractivity contribution >= 4 is 11.9 Å². The van der Waals surface area contributed by atoms with Gasteiger partial charge in [0.2, 0.25) is 0 Å². The van der Waals surface area contributed by atoms with Crippen LogP contribution < -0.4 is 0 Å². The Balaban J connectivity index is 2.04. The van der Waals surface area contributed by atoms with Gasteiger partial charge in [-0.05, 0) is 0 Å². The molecule has 0 aromatic rings. The molecule has 0 amide bonds. The first-order chi connectivity index (χ1) is 6.12. The van der Waals surface area contributed by atoms with Crippen LogP contribution in [0.25, 0.3) is 0 Å². The molecule has 0 aromatic heterocycles. The quantitative estimate of drug-likeness (QED) is 0.492. The molecule has 0 aromatic carbocycles. The fraction of sp³-hybridized carbons (Fsp3) is 0.778. The molecule has 70 valence electrons. The van der Waals surface area contributed by atoms with E-state index in [2.05, 4.69) is 24.1 Å². The van der Waals surface area contributed by atoms with Crippen molar-refractivity contribution in [3.05, 3.63) is 12.2 Å². The van der Waals surface area contributed by atoms with E-state index in [1.807, 2.05) is 13.8 Å². The summed E-state index contributed by atoms with van der Waals surface area (Å²) in [5.41, 5.74) is 0. The van der Waals surface area contributed by atoms with Crippen molar-refractivity contribution in [2.45, 2.75) is 35.8 Å². The number of halogens is 1. The van der Waals surface area contributed by atoms with Crippen LogP contribution in [0.2, 0.25) is 3.93 Å². The van der Waals surface area contributed by atoms with Crippen LogP contribution in [0.4, 0.5) is 0 Å². The van der Waals surface area contributed by atoms with E-state index in [1.165, 1.54) is 3.93 Å². The molecule has 1 aliphatic heterocycles. The first-order valence-electron chi connectivity index (χ1n) is 4.72. The van der Waals surface area contributed by atoms with Gasteiger partial charge < -0.3 is 0 Å². The maximum absolute atomic E-state index is 5.87. The van der Waals surface area contributed by atoms with Crippen LogP contribution in [0.15, 0.2) is 12.2 Å². The second-order valence-electron chi connectivity index (χ2n) is 4.09. The van der Waals surface area contributed by atoms with E-state index >= 15 is 0 Å². The molecule has 3 atom stereocenters. The van der Waals surface area contributed by atoms with Crippen molar-refractivity contribution in [1.82, 2.24) is 0 Å². The maximum atomic E-state index is 5.87. The predicted octanol–water partition coefficient (Wildman–Crippen LogP) is 2.50. The third-order valence-corrected chi connectivity index (χ3v) is 10.0. The van der Waals surface area contributed by atoms with E-state index < -0.39 is 22.1 Å². The van der Waals surface area contributed by atoms with Gasteiger partial charge in [0.05, 0.1) is 0 Å². The topological polar surface area (TPSA) is 18.5 Å². The minimum atomic E-state index is -0.713. The Kier molecular flexibility index (Phi) is 3.19. The van der Waals surface area contributed by atoms with E-state index in [9.17, 15) is 0 Å². The first kappa shape index (κ1) is 10.6. The molecule has 2 aliphatic rings. The van der Waals surface area contributed by atoms with Crippen molar-refractivity contribution in [3.8, 4) is 0 Å². The zero-order valence-corrected chi connectivity index (χ0v) is 15.1. The second kappa shape index (κ2) is 3.91. The van der Waals surface area contributed by atoms with Crippen LogP contribution in [0, 0.1) is 5.92 Å². The first-order valence-corrected chi connectivity index (χ1v) is 20.5. The zero-order chi connectivity index (χ0) is 9.47. The predicted molar refractivity (Wildman–Crippen MR) is 50.2 cm³/mol. The van der Waals surface area contributed by atoms with E-state index in [0.29, 0.717) is 12.0 Å². The third-order valence-electron chi connectivity index (χ3n) is 2.58. The molecule has 1 heterocycles. The molecular formula is C9H13BrHgO2. The Hall–Kier alpha value is 1.08. The van der Waals surface area contributed by atoms with Gasteiger partial charge in [0.25, 0.3) is 0 Å². The Bertz CT molecular complexity index is 230. The van der Waals surface area contributed by atoms with Crippen LogP contribution >= 0.6 is 11.9 Å². The molecule has 0 bridgehead atoms. The molecule has 2 nitrogen and oxygen atoms in total. The van der Waals surface area contributed by atoms with Gasteiger partial charge in [-0.2, -0.15) is 0 Å². The van der Waals surface area contributed by atoms with Crippen LogP contribution in [0.1, 0.15) is 13.8 Å². The molecular weight excluding hydrogens is 421 g/mol. The summed E-state index contributed by atoms with van der Waals surface area (Å²) < 4.78 is 13.0. The van der Waals surface area contributed by atoms with Gasteiger partial charge in [0.15, 0.2) is 0 Å². The fourth-order valence-corrected chi connectivity index (χ4v) is 9.69. The van der Waals surface area contributed by atoms with Crippen molar-refractivity contribution in [1.29, 1.82) is 0 Å². The van der Waals surface area contributed by atoms with Crippen LogP contribution in [0.5, 0.6) is 0 Å². The molecule has 2 rings (SSSR count). The second-order valence-corrected chi connectivity index (χ2v) is 14.8. The zero-order valence-electron chi connectivity index (χ0n) is 8.00. The number of ether oxygens (including phenoxy) is 2. The summed E-state index contributed by atoms with van der Waals surface area (Å²) >= 11 is 2.96. The molecule has 13 heavy (non-hydrogen) atoms. The standard InChI is InChI=1S/C9H13O2.BrH.Hg/c1-6-4-5-7-8(6)11-9(2,3)10-7;;/h4-8H,1H2,2-3H3;1H;/q;;+1/p-1/t6-,7+,8-;;/m1../s1. The van der Waals surface area contributed by atoms with Crippen LogP contribution in [-0.2, 0) is 31.6 Å². The molecule has 0 saturated carbocycles. The minimum absolute atomic E-state index is 0.215. The molecule has 1 fully saturated rings. The van der Waals surface area contributed by atoms with Crippen LogP contribution in [-0.4, -0.2) is 18.0 Å². The molecule has 1 saturated heterocycles. The summed E-state index contributed by atoms with van der Waals surface area (Å²) in [6, 6.07) is 0. The van der Waals surface area contributed by atoms with Gasteiger partial charge in [0, 0.05) is 0 Å². The number of fused-ring (bicyclic) bond motifs is 1. The third kappa shape index (κ3) is 2.19. The monoisotopic (exact) mass is 434 g/mol. The van der Waals surface area contributed by atoms with Crippen LogP contribution in [0.3, 0.4) is 0 Å². The number of rotatable bonds is 2. The summed E-state index contributed by atoms with van der Waals surface area (Å²) in [5, 5.41) is 0. The molecule has 0 N–H and O–H groups in total. The van der Waals surface area contributed by atoms with E-state index in [-0.39, 0.29) is 11.9 Å². The normalized spacial score (nSPS) is 40.4. The summed E-state index contributed by atoms with van der Waals surface area (Å²) in [7, 11) is 0. The molecule has 1 aliphatic carbocycles. The van der Waals surface area contributed by atoms with E-state index in [1.54, 1.807) is 0 Å². The summed E-state index contributed by atoms with van der Waals surface area (Å²) in [6.45, 7) is 3.99. The fourth-order valence-electron chi connectivity index (χ4n) is 2.05. The Morgan fingerprint density at radius 3 is 2.85 bits per heavy atom. The van der Waals surface area contributed by atoms with Crippen molar-refractivity contribution in [3.63, 3.8) is 0 Å². The molecule has 0 radical (unpaired) electrons. The molecule has 0 spiro atoms. The summed E-state index contributed by atoms with van der Waals surface area (Å²) in [5.74, 6) is 0.245. The van der Waals surface area contributed by atoms with Gasteiger partial charge in [-0.1, -0.05) is 0 Å². The van der Waals surface area contributed by atoms with Gasteiger partial charge >= 0.3 is 97.4 Å². The van der Waals surface area contributed by atoms with Gasteiger partial charge in [-0.3, -0.25) is 0 Å². The average Bonchev–Trinajstić information content (AvgIpc) is 2.48. The van der Waals surface area contributed by atoms with Crippen molar-refractivity contribution < 1.29 is 31.6 Å². The average molecular weight is 434 g/mol. The SMILES string of the molecule is CC1(C)O[C@H]2[C@H](C=C[C@H]2[CH2][Hg][Br])O1. The Labute approximate surface area is 96.7 Å². The van der Waals surface area contributed by atoms with Gasteiger partial charge in [0.1, 0.15) is 0 Å². The van der Waals surface area contributed by atoms with Gasteiger partial charge in [-0.15, -0.1) is 0 Å². The summed E-state index contributed by atoms with van der Waals surface area (Å²) in [4.78, 5) is 0. The summed E-state index contributed by atoms with van der Waals surface area (Å²) in [6.07, 6.45) is 4.95. The number of hydrogen-bond acceptors (Lipinski definition) is 2. The number of hydrogen-bond donors (Lipinski definition) is 0. The van der Waals surface area contributed by atoms with Gasteiger partial charge in [-0.25, -0.2) is 0 Å². The van der Waals surface area contributed by atoms with E-state index in [4.69, 9.17) is 9.47 Å². The molecule has 0 unspecified atom stereocenters. The molecule has 4 heteroatoms. The van der Waals surface area contributed by atoms with Crippen molar-refractivity contribution in [2.24, 2.45) is 5.92 Å². The Morgan fingerprint density at radius 2 is 2.15 bits per heavy atom. The van der Waals surface area contributed by atoms with Crippen molar-refractivity contribution in [2.75, 3.05) is 0 Å².